The Bertz CT molecular complexity index is 2190. The molecule has 2 aromatic heterocycles. The Morgan fingerprint density at radius 1 is 0.500 bits per heavy atom. The molecule has 8 nitrogen and oxygen atoms in total. The number of nitrogens with zero attached hydrogens (tertiary/aromatic N) is 2. The van der Waals surface area contributed by atoms with Gasteiger partial charge in [-0.25, -0.2) is 9.36 Å². The molecule has 0 fully saturated rings. The van der Waals surface area contributed by atoms with Gasteiger partial charge in [-0.2, -0.15) is 0 Å². The van der Waals surface area contributed by atoms with Crippen molar-refractivity contribution in [2.75, 3.05) is 14.2 Å². The second-order valence-corrected chi connectivity index (χ2v) is 12.5. The first-order chi connectivity index (χ1) is 24.4. The van der Waals surface area contributed by atoms with E-state index in [0.29, 0.717) is 51.3 Å². The van der Waals surface area contributed by atoms with Crippen molar-refractivity contribution < 1.29 is 9.47 Å². The molecule has 5 aromatic carbocycles. The number of benzene rings is 5. The Balaban J connectivity index is 1.56. The molecule has 0 aliphatic rings. The van der Waals surface area contributed by atoms with Crippen LogP contribution in [0.4, 0.5) is 0 Å². The molecular formula is C42H38N4O4. The third-order valence-electron chi connectivity index (χ3n) is 9.15. The number of methoxy groups -OCH3 is 2. The summed E-state index contributed by atoms with van der Waals surface area (Å²) >= 11 is 0. The topological polar surface area (TPSA) is 94.0 Å². The summed E-state index contributed by atoms with van der Waals surface area (Å²) in [5.41, 5.74) is 6.55. The predicted octanol–water partition coefficient (Wildman–Crippen LogP) is 8.30. The lowest BCUT2D eigenvalue weighted by atomic mass is 9.82. The molecule has 7 aromatic rings. The third-order valence-corrected chi connectivity index (χ3v) is 9.15. The van der Waals surface area contributed by atoms with Crippen LogP contribution in [-0.4, -0.2) is 33.8 Å². The van der Waals surface area contributed by atoms with E-state index >= 15 is 0 Å². The number of hydrogen-bond acceptors (Lipinski definition) is 4. The summed E-state index contributed by atoms with van der Waals surface area (Å²) in [5, 5.41) is 6.86. The SMILES string of the molecule is COc1ccc(-n2[nH]c(-c3ccccc3)c(C(c3ccc(C(C)C)cc3)c3c(-c4ccccc4)[nH]n(-c4ccc(OC)cc4)c3=O)c2=O)cc1. The molecule has 0 aliphatic carbocycles. The zero-order valence-electron chi connectivity index (χ0n) is 28.4. The number of aromatic nitrogens is 4. The first kappa shape index (κ1) is 32.3. The van der Waals surface area contributed by atoms with Crippen LogP contribution in [0.5, 0.6) is 11.5 Å². The van der Waals surface area contributed by atoms with E-state index in [1.54, 1.807) is 23.6 Å². The highest BCUT2D eigenvalue weighted by atomic mass is 16.5. The molecule has 0 aliphatic heterocycles. The predicted molar refractivity (Wildman–Crippen MR) is 198 cm³/mol. The lowest BCUT2D eigenvalue weighted by Crippen LogP contribution is -2.25. The van der Waals surface area contributed by atoms with Gasteiger partial charge in [0.15, 0.2) is 0 Å². The molecular weight excluding hydrogens is 624 g/mol. The van der Waals surface area contributed by atoms with Crippen molar-refractivity contribution in [3.63, 3.8) is 0 Å². The largest absolute Gasteiger partial charge is 0.497 e. The van der Waals surface area contributed by atoms with Crippen molar-refractivity contribution in [1.29, 1.82) is 0 Å². The van der Waals surface area contributed by atoms with Gasteiger partial charge in [0, 0.05) is 5.92 Å². The smallest absolute Gasteiger partial charge is 0.276 e. The summed E-state index contributed by atoms with van der Waals surface area (Å²) in [6, 6.07) is 42.4. The summed E-state index contributed by atoms with van der Waals surface area (Å²) in [6.45, 7) is 4.29. The first-order valence-electron chi connectivity index (χ1n) is 16.6. The number of rotatable bonds is 10. The lowest BCUT2D eigenvalue weighted by Gasteiger charge is -2.19. The van der Waals surface area contributed by atoms with Crippen LogP contribution < -0.4 is 20.6 Å². The van der Waals surface area contributed by atoms with Gasteiger partial charge in [0.1, 0.15) is 11.5 Å². The van der Waals surface area contributed by atoms with Crippen LogP contribution in [-0.2, 0) is 0 Å². The second kappa shape index (κ2) is 13.7. The molecule has 0 radical (unpaired) electrons. The molecule has 8 heteroatoms. The van der Waals surface area contributed by atoms with E-state index in [4.69, 9.17) is 9.47 Å². The Morgan fingerprint density at radius 2 is 0.880 bits per heavy atom. The Hall–Kier alpha value is -6.28. The lowest BCUT2D eigenvalue weighted by molar-refractivity contribution is 0.414. The summed E-state index contributed by atoms with van der Waals surface area (Å²) in [5.74, 6) is 0.910. The van der Waals surface area contributed by atoms with E-state index in [0.717, 1.165) is 22.3 Å². The molecule has 0 saturated heterocycles. The van der Waals surface area contributed by atoms with Gasteiger partial charge in [0.25, 0.3) is 11.1 Å². The minimum atomic E-state index is -0.756. The zero-order chi connectivity index (χ0) is 34.8. The molecule has 0 amide bonds. The van der Waals surface area contributed by atoms with E-state index in [9.17, 15) is 9.59 Å². The summed E-state index contributed by atoms with van der Waals surface area (Å²) in [6.07, 6.45) is 0. The highest BCUT2D eigenvalue weighted by Crippen LogP contribution is 2.39. The number of hydrogen-bond donors (Lipinski definition) is 2. The molecule has 2 heterocycles. The number of aromatic amines is 2. The molecule has 250 valence electrons. The molecule has 0 bridgehead atoms. The molecule has 0 unspecified atom stereocenters. The van der Waals surface area contributed by atoms with Gasteiger partial charge in [-0.1, -0.05) is 98.8 Å². The van der Waals surface area contributed by atoms with Gasteiger partial charge in [-0.15, -0.1) is 0 Å². The highest BCUT2D eigenvalue weighted by molar-refractivity contribution is 5.71. The van der Waals surface area contributed by atoms with Crippen LogP contribution in [0.25, 0.3) is 33.9 Å². The second-order valence-electron chi connectivity index (χ2n) is 12.5. The normalized spacial score (nSPS) is 11.3. The average Bonchev–Trinajstić information content (AvgIpc) is 3.69. The molecule has 0 atom stereocenters. The van der Waals surface area contributed by atoms with Crippen molar-refractivity contribution >= 4 is 0 Å². The third kappa shape index (κ3) is 5.96. The maximum absolute atomic E-state index is 15.0. The van der Waals surface area contributed by atoms with Gasteiger partial charge in [0.05, 0.1) is 48.1 Å². The van der Waals surface area contributed by atoms with E-state index in [1.807, 2.05) is 121 Å². The monoisotopic (exact) mass is 662 g/mol. The fourth-order valence-electron chi connectivity index (χ4n) is 6.46. The fourth-order valence-corrected chi connectivity index (χ4v) is 6.46. The van der Waals surface area contributed by atoms with Crippen LogP contribution in [0, 0.1) is 0 Å². The standard InChI is InChI=1S/C42H38N4O4/c1-27(2)28-15-17-29(18-16-28)36(37-39(30-11-7-5-8-12-30)43-45(41(37)47)32-19-23-34(49-3)24-20-32)38-40(31-13-9-6-10-14-31)44-46(42(38)48)33-21-25-35(50-4)26-22-33/h5-27,36,43-44H,1-4H3. The van der Waals surface area contributed by atoms with Crippen molar-refractivity contribution in [2.45, 2.75) is 25.7 Å². The Labute approximate surface area is 290 Å². The molecule has 0 saturated carbocycles. The highest BCUT2D eigenvalue weighted by Gasteiger charge is 2.34. The molecule has 2 N–H and O–H groups in total. The van der Waals surface area contributed by atoms with Crippen LogP contribution in [0.2, 0.25) is 0 Å². The van der Waals surface area contributed by atoms with E-state index in [1.165, 1.54) is 0 Å². The van der Waals surface area contributed by atoms with Crippen LogP contribution in [0.15, 0.2) is 143 Å². The number of H-pyrrole nitrogens is 2. The minimum absolute atomic E-state index is 0.262. The van der Waals surface area contributed by atoms with Gasteiger partial charge < -0.3 is 9.47 Å². The molecule has 50 heavy (non-hydrogen) atoms. The van der Waals surface area contributed by atoms with Crippen molar-refractivity contribution in [3.05, 3.63) is 176 Å². The Morgan fingerprint density at radius 3 is 1.24 bits per heavy atom. The van der Waals surface area contributed by atoms with Crippen molar-refractivity contribution in [1.82, 2.24) is 19.6 Å². The fraction of sp³-hybridized carbons (Fsp3) is 0.143. The summed E-state index contributed by atoms with van der Waals surface area (Å²) in [4.78, 5) is 29.9. The number of nitrogens with one attached hydrogen (secondary N) is 2. The van der Waals surface area contributed by atoms with E-state index in [2.05, 4.69) is 36.2 Å². The van der Waals surface area contributed by atoms with Crippen LogP contribution in [0.3, 0.4) is 0 Å². The maximum atomic E-state index is 15.0. The van der Waals surface area contributed by atoms with Gasteiger partial charge in [-0.05, 0) is 76.7 Å². The van der Waals surface area contributed by atoms with Crippen LogP contribution >= 0.6 is 0 Å². The van der Waals surface area contributed by atoms with E-state index in [-0.39, 0.29) is 11.1 Å². The first-order valence-corrected chi connectivity index (χ1v) is 16.6. The van der Waals surface area contributed by atoms with E-state index < -0.39 is 5.92 Å². The van der Waals surface area contributed by atoms with Crippen LogP contribution in [0.1, 0.15) is 47.9 Å². The average molecular weight is 663 g/mol. The summed E-state index contributed by atoms with van der Waals surface area (Å²) < 4.78 is 13.9. The van der Waals surface area contributed by atoms with Gasteiger partial charge >= 0.3 is 0 Å². The van der Waals surface area contributed by atoms with Crippen molar-refractivity contribution in [3.8, 4) is 45.4 Å². The maximum Gasteiger partial charge on any atom is 0.276 e. The van der Waals surface area contributed by atoms with Gasteiger partial charge in [0.2, 0.25) is 0 Å². The number of ether oxygens (including phenoxy) is 2. The zero-order valence-corrected chi connectivity index (χ0v) is 28.4. The summed E-state index contributed by atoms with van der Waals surface area (Å²) in [7, 11) is 3.22. The Kier molecular flexibility index (Phi) is 8.83. The van der Waals surface area contributed by atoms with Crippen molar-refractivity contribution in [2.24, 2.45) is 0 Å². The van der Waals surface area contributed by atoms with Gasteiger partial charge in [-0.3, -0.25) is 19.8 Å². The minimum Gasteiger partial charge on any atom is -0.497 e. The quantitative estimate of drug-likeness (QED) is 0.154. The molecule has 0 spiro atoms. The molecule has 7 rings (SSSR count).